The summed E-state index contributed by atoms with van der Waals surface area (Å²) in [5.41, 5.74) is 9.06. The van der Waals surface area contributed by atoms with Gasteiger partial charge >= 0.3 is 0 Å². The zero-order valence-corrected chi connectivity index (χ0v) is 20.8. The number of nitrogens with zero attached hydrogens (tertiary/aromatic N) is 4. The van der Waals surface area contributed by atoms with Crippen molar-refractivity contribution in [3.8, 4) is 0 Å². The Morgan fingerprint density at radius 1 is 0.472 bits per heavy atom. The largest absolute Gasteiger partial charge is 0.360 e. The minimum absolute atomic E-state index is 0.705. The summed E-state index contributed by atoms with van der Waals surface area (Å²) in [6, 6.07) is 38.2. The SMILES string of the molecule is Cc1ccc(N(c2ccc(C)cc2)c2ccc(N(Cc3ccccn3)Cc3ccccn3)cc2)cc1. The van der Waals surface area contributed by atoms with Crippen molar-refractivity contribution in [2.24, 2.45) is 0 Å². The number of rotatable bonds is 8. The fraction of sp³-hybridized carbons (Fsp3) is 0.125. The average molecular weight is 471 g/mol. The summed E-state index contributed by atoms with van der Waals surface area (Å²) >= 11 is 0. The van der Waals surface area contributed by atoms with Crippen molar-refractivity contribution in [1.29, 1.82) is 0 Å². The monoisotopic (exact) mass is 470 g/mol. The summed E-state index contributed by atoms with van der Waals surface area (Å²) in [4.78, 5) is 13.7. The zero-order chi connectivity index (χ0) is 24.7. The highest BCUT2D eigenvalue weighted by Crippen LogP contribution is 2.36. The van der Waals surface area contributed by atoms with Crippen molar-refractivity contribution >= 4 is 22.7 Å². The Balaban J connectivity index is 1.49. The Morgan fingerprint density at radius 3 is 1.25 bits per heavy atom. The second-order valence-corrected chi connectivity index (χ2v) is 9.02. The van der Waals surface area contributed by atoms with E-state index in [-0.39, 0.29) is 0 Å². The molecule has 2 aromatic heterocycles. The Labute approximate surface area is 213 Å². The van der Waals surface area contributed by atoms with Crippen LogP contribution in [0, 0.1) is 13.8 Å². The summed E-state index contributed by atoms with van der Waals surface area (Å²) in [6.07, 6.45) is 3.69. The number of aryl methyl sites for hydroxylation is 2. The molecule has 0 aliphatic rings. The van der Waals surface area contributed by atoms with E-state index in [0.29, 0.717) is 13.1 Å². The van der Waals surface area contributed by atoms with Crippen molar-refractivity contribution in [2.45, 2.75) is 26.9 Å². The lowest BCUT2D eigenvalue weighted by molar-refractivity contribution is 0.765. The molecule has 178 valence electrons. The van der Waals surface area contributed by atoms with Gasteiger partial charge in [-0.05, 0) is 86.6 Å². The molecule has 0 saturated carbocycles. The molecule has 36 heavy (non-hydrogen) atoms. The van der Waals surface area contributed by atoms with E-state index in [1.54, 1.807) is 0 Å². The molecule has 0 aliphatic carbocycles. The van der Waals surface area contributed by atoms with Gasteiger partial charge in [0.1, 0.15) is 0 Å². The van der Waals surface area contributed by atoms with Crippen LogP contribution in [0.4, 0.5) is 22.7 Å². The number of hydrogen-bond acceptors (Lipinski definition) is 4. The Hall–Kier alpha value is -4.44. The van der Waals surface area contributed by atoms with E-state index in [1.165, 1.54) is 11.1 Å². The third-order valence-electron chi connectivity index (χ3n) is 6.22. The predicted octanol–water partition coefficient (Wildman–Crippen LogP) is 7.77. The first-order valence-corrected chi connectivity index (χ1v) is 12.2. The highest BCUT2D eigenvalue weighted by molar-refractivity contribution is 5.77. The number of benzene rings is 3. The van der Waals surface area contributed by atoms with Gasteiger partial charge in [0.15, 0.2) is 0 Å². The molecule has 5 aromatic rings. The maximum Gasteiger partial charge on any atom is 0.0606 e. The summed E-state index contributed by atoms with van der Waals surface area (Å²) in [6.45, 7) is 5.64. The van der Waals surface area contributed by atoms with Gasteiger partial charge in [0.2, 0.25) is 0 Å². The first kappa shape index (κ1) is 23.3. The standard InChI is InChI=1S/C32H30N4/c1-25-9-13-30(14-10-25)36(31-15-11-26(2)12-16-31)32-19-17-29(18-20-32)35(23-27-7-3-5-21-33-27)24-28-8-4-6-22-34-28/h3-22H,23-24H2,1-2H3. The minimum atomic E-state index is 0.705. The van der Waals surface area contributed by atoms with Gasteiger partial charge in [-0.25, -0.2) is 0 Å². The molecule has 0 unspecified atom stereocenters. The molecule has 0 bridgehead atoms. The molecule has 0 fully saturated rings. The Kier molecular flexibility index (Phi) is 7.04. The molecule has 0 N–H and O–H groups in total. The normalized spacial score (nSPS) is 10.7. The molecule has 4 heteroatoms. The van der Waals surface area contributed by atoms with Crippen molar-refractivity contribution in [2.75, 3.05) is 9.80 Å². The Bertz CT molecular complexity index is 1280. The average Bonchev–Trinajstić information content (AvgIpc) is 2.92. The number of anilines is 4. The molecule has 2 heterocycles. The molecule has 4 nitrogen and oxygen atoms in total. The van der Waals surface area contributed by atoms with Gasteiger partial charge in [0.05, 0.1) is 24.5 Å². The van der Waals surface area contributed by atoms with E-state index in [4.69, 9.17) is 0 Å². The van der Waals surface area contributed by atoms with E-state index >= 15 is 0 Å². The summed E-state index contributed by atoms with van der Waals surface area (Å²) in [5.74, 6) is 0. The summed E-state index contributed by atoms with van der Waals surface area (Å²) in [7, 11) is 0. The van der Waals surface area contributed by atoms with Crippen LogP contribution in [0.5, 0.6) is 0 Å². The van der Waals surface area contributed by atoms with Crippen molar-refractivity contribution in [3.63, 3.8) is 0 Å². The molecule has 0 aliphatic heterocycles. The van der Waals surface area contributed by atoms with E-state index in [1.807, 2.05) is 36.7 Å². The van der Waals surface area contributed by atoms with Gasteiger partial charge in [-0.1, -0.05) is 47.5 Å². The van der Waals surface area contributed by atoms with Crippen molar-refractivity contribution in [3.05, 3.63) is 144 Å². The van der Waals surface area contributed by atoms with Crippen LogP contribution in [0.25, 0.3) is 0 Å². The maximum atomic E-state index is 4.55. The van der Waals surface area contributed by atoms with E-state index < -0.39 is 0 Å². The molecular formula is C32H30N4. The first-order valence-electron chi connectivity index (χ1n) is 12.2. The molecule has 0 amide bonds. The van der Waals surface area contributed by atoms with Crippen molar-refractivity contribution < 1.29 is 0 Å². The molecular weight excluding hydrogens is 440 g/mol. The van der Waals surface area contributed by atoms with Crippen LogP contribution >= 0.6 is 0 Å². The minimum Gasteiger partial charge on any atom is -0.360 e. The topological polar surface area (TPSA) is 32.3 Å². The first-order chi connectivity index (χ1) is 17.7. The predicted molar refractivity (Wildman–Crippen MR) is 149 cm³/mol. The van der Waals surface area contributed by atoms with Crippen LogP contribution in [0.3, 0.4) is 0 Å². The van der Waals surface area contributed by atoms with Crippen LogP contribution in [0.1, 0.15) is 22.5 Å². The third-order valence-corrected chi connectivity index (χ3v) is 6.22. The second kappa shape index (κ2) is 10.9. The number of hydrogen-bond donors (Lipinski definition) is 0. The van der Waals surface area contributed by atoms with Crippen LogP contribution in [-0.4, -0.2) is 9.97 Å². The van der Waals surface area contributed by atoms with Gasteiger partial charge in [-0.15, -0.1) is 0 Å². The quantitative estimate of drug-likeness (QED) is 0.232. The van der Waals surface area contributed by atoms with Crippen LogP contribution in [-0.2, 0) is 13.1 Å². The number of pyridine rings is 2. The molecule has 0 saturated heterocycles. The van der Waals surface area contributed by atoms with E-state index in [2.05, 4.69) is 119 Å². The maximum absolute atomic E-state index is 4.55. The molecule has 0 spiro atoms. The highest BCUT2D eigenvalue weighted by Gasteiger charge is 2.15. The summed E-state index contributed by atoms with van der Waals surface area (Å²) in [5, 5.41) is 0. The lowest BCUT2D eigenvalue weighted by atomic mass is 10.1. The van der Waals surface area contributed by atoms with Crippen LogP contribution in [0.15, 0.2) is 122 Å². The van der Waals surface area contributed by atoms with E-state index in [0.717, 1.165) is 34.1 Å². The number of aromatic nitrogens is 2. The molecule has 0 radical (unpaired) electrons. The van der Waals surface area contributed by atoms with Gasteiger partial charge in [-0.2, -0.15) is 0 Å². The third kappa shape index (κ3) is 5.61. The summed E-state index contributed by atoms with van der Waals surface area (Å²) < 4.78 is 0. The van der Waals surface area contributed by atoms with Crippen LogP contribution < -0.4 is 9.80 Å². The lowest BCUT2D eigenvalue weighted by Crippen LogP contribution is -2.23. The van der Waals surface area contributed by atoms with Gasteiger partial charge in [0, 0.05) is 35.1 Å². The fourth-order valence-electron chi connectivity index (χ4n) is 4.26. The van der Waals surface area contributed by atoms with E-state index in [9.17, 15) is 0 Å². The molecule has 3 aromatic carbocycles. The smallest absolute Gasteiger partial charge is 0.0606 e. The fourth-order valence-corrected chi connectivity index (χ4v) is 4.26. The lowest BCUT2D eigenvalue weighted by Gasteiger charge is -2.28. The van der Waals surface area contributed by atoms with Gasteiger partial charge in [-0.3, -0.25) is 9.97 Å². The van der Waals surface area contributed by atoms with Gasteiger partial charge < -0.3 is 9.80 Å². The zero-order valence-electron chi connectivity index (χ0n) is 20.8. The highest BCUT2D eigenvalue weighted by atomic mass is 15.2. The van der Waals surface area contributed by atoms with Crippen molar-refractivity contribution in [1.82, 2.24) is 9.97 Å². The van der Waals surface area contributed by atoms with Gasteiger partial charge in [0.25, 0.3) is 0 Å². The molecule has 5 rings (SSSR count). The second-order valence-electron chi connectivity index (χ2n) is 9.02. The Morgan fingerprint density at radius 2 is 0.861 bits per heavy atom. The van der Waals surface area contributed by atoms with Crippen LogP contribution in [0.2, 0.25) is 0 Å². The molecule has 0 atom stereocenters.